The van der Waals surface area contributed by atoms with Gasteiger partial charge in [-0.25, -0.2) is 8.42 Å². The van der Waals surface area contributed by atoms with E-state index in [-0.39, 0.29) is 17.4 Å². The first kappa shape index (κ1) is 14.8. The average Bonchev–Trinajstić information content (AvgIpc) is 3.16. The molecule has 0 saturated heterocycles. The summed E-state index contributed by atoms with van der Waals surface area (Å²) in [6, 6.07) is 4.82. The molecule has 1 aliphatic rings. The molecule has 1 aromatic rings. The number of hydrogen-bond donors (Lipinski definition) is 1. The van der Waals surface area contributed by atoms with E-state index in [0.717, 1.165) is 12.8 Å². The highest BCUT2D eigenvalue weighted by Gasteiger charge is 2.33. The van der Waals surface area contributed by atoms with Gasteiger partial charge in [0, 0.05) is 18.6 Å². The lowest BCUT2D eigenvalue weighted by molar-refractivity contribution is 0.131. The maximum absolute atomic E-state index is 12.4. The van der Waals surface area contributed by atoms with Crippen LogP contribution in [0.4, 0.5) is 0 Å². The van der Waals surface area contributed by atoms with E-state index in [4.69, 9.17) is 11.6 Å². The van der Waals surface area contributed by atoms with Crippen molar-refractivity contribution in [3.05, 3.63) is 28.8 Å². The van der Waals surface area contributed by atoms with E-state index in [9.17, 15) is 13.5 Å². The van der Waals surface area contributed by atoms with Crippen molar-refractivity contribution < 1.29 is 13.5 Å². The lowest BCUT2D eigenvalue weighted by Crippen LogP contribution is -2.35. The van der Waals surface area contributed by atoms with Crippen LogP contribution in [0.1, 0.15) is 18.4 Å². The van der Waals surface area contributed by atoms with Gasteiger partial charge in [-0.15, -0.1) is 0 Å². The maximum Gasteiger partial charge on any atom is 0.243 e. The molecular formula is C13H18ClNO3S. The van der Waals surface area contributed by atoms with Crippen molar-refractivity contribution in [2.24, 2.45) is 5.92 Å². The van der Waals surface area contributed by atoms with Crippen molar-refractivity contribution in [2.45, 2.75) is 30.8 Å². The quantitative estimate of drug-likeness (QED) is 0.905. The predicted octanol–water partition coefficient (Wildman–Crippen LogP) is 2.04. The molecule has 0 heterocycles. The van der Waals surface area contributed by atoms with Gasteiger partial charge in [0.1, 0.15) is 0 Å². The molecule has 1 aromatic carbocycles. The molecule has 1 atom stereocenters. The number of sulfonamides is 1. The van der Waals surface area contributed by atoms with Crippen LogP contribution >= 0.6 is 11.6 Å². The van der Waals surface area contributed by atoms with Gasteiger partial charge in [0.05, 0.1) is 11.0 Å². The third-order valence-electron chi connectivity index (χ3n) is 3.52. The molecule has 0 bridgehead atoms. The molecule has 0 spiro atoms. The molecule has 106 valence electrons. The van der Waals surface area contributed by atoms with Crippen LogP contribution in [0.5, 0.6) is 0 Å². The van der Waals surface area contributed by atoms with Crippen molar-refractivity contribution in [3.63, 3.8) is 0 Å². The molecule has 0 aromatic heterocycles. The molecule has 0 radical (unpaired) electrons. The molecule has 1 fully saturated rings. The van der Waals surface area contributed by atoms with E-state index < -0.39 is 16.1 Å². The van der Waals surface area contributed by atoms with Gasteiger partial charge in [-0.1, -0.05) is 17.7 Å². The third-order valence-corrected chi connectivity index (χ3v) is 5.89. The molecular weight excluding hydrogens is 286 g/mol. The van der Waals surface area contributed by atoms with E-state index in [0.29, 0.717) is 10.6 Å². The summed E-state index contributed by atoms with van der Waals surface area (Å²) in [6.07, 6.45) is 1.37. The normalized spacial score (nSPS) is 17.7. The van der Waals surface area contributed by atoms with E-state index in [2.05, 4.69) is 0 Å². The van der Waals surface area contributed by atoms with Gasteiger partial charge < -0.3 is 5.11 Å². The smallest absolute Gasteiger partial charge is 0.243 e. The fourth-order valence-corrected chi connectivity index (χ4v) is 3.69. The number of aliphatic hydroxyl groups excluding tert-OH is 1. The predicted molar refractivity (Wildman–Crippen MR) is 74.7 cm³/mol. The highest BCUT2D eigenvalue weighted by atomic mass is 35.5. The van der Waals surface area contributed by atoms with Gasteiger partial charge in [-0.05, 0) is 43.4 Å². The van der Waals surface area contributed by atoms with Crippen LogP contribution < -0.4 is 0 Å². The number of benzene rings is 1. The van der Waals surface area contributed by atoms with Crippen LogP contribution in [0, 0.1) is 12.8 Å². The van der Waals surface area contributed by atoms with Crippen LogP contribution in [0.2, 0.25) is 5.02 Å². The number of likely N-dealkylation sites (N-methyl/N-ethyl adjacent to an activating group) is 1. The number of nitrogens with zero attached hydrogens (tertiary/aromatic N) is 1. The minimum Gasteiger partial charge on any atom is -0.391 e. The summed E-state index contributed by atoms with van der Waals surface area (Å²) < 4.78 is 26.1. The molecule has 0 amide bonds. The Balaban J connectivity index is 2.23. The molecule has 1 N–H and O–H groups in total. The van der Waals surface area contributed by atoms with E-state index in [1.54, 1.807) is 19.1 Å². The summed E-state index contributed by atoms with van der Waals surface area (Å²) in [5.41, 5.74) is 0.539. The summed E-state index contributed by atoms with van der Waals surface area (Å²) >= 11 is 5.96. The zero-order valence-corrected chi connectivity index (χ0v) is 12.6. The van der Waals surface area contributed by atoms with Crippen LogP contribution in [0.3, 0.4) is 0 Å². The van der Waals surface area contributed by atoms with E-state index >= 15 is 0 Å². The minimum atomic E-state index is -3.60. The van der Waals surface area contributed by atoms with Crippen molar-refractivity contribution in [1.82, 2.24) is 4.31 Å². The first-order chi connectivity index (χ1) is 8.84. The Kier molecular flexibility index (Phi) is 4.20. The van der Waals surface area contributed by atoms with Gasteiger partial charge in [0.2, 0.25) is 10.0 Å². The highest BCUT2D eigenvalue weighted by molar-refractivity contribution is 7.89. The van der Waals surface area contributed by atoms with Gasteiger partial charge in [-0.3, -0.25) is 0 Å². The summed E-state index contributed by atoms with van der Waals surface area (Å²) in [6.45, 7) is 1.80. The minimum absolute atomic E-state index is 0.124. The second kappa shape index (κ2) is 5.40. The molecule has 1 aliphatic carbocycles. The molecule has 19 heavy (non-hydrogen) atoms. The topological polar surface area (TPSA) is 57.6 Å². The summed E-state index contributed by atoms with van der Waals surface area (Å²) in [5.74, 6) is 0.248. The summed E-state index contributed by atoms with van der Waals surface area (Å²) in [4.78, 5) is 0.200. The van der Waals surface area contributed by atoms with Gasteiger partial charge in [0.25, 0.3) is 0 Å². The molecule has 4 nitrogen and oxygen atoms in total. The summed E-state index contributed by atoms with van der Waals surface area (Å²) in [7, 11) is -2.12. The van der Waals surface area contributed by atoms with Crippen LogP contribution in [-0.2, 0) is 10.0 Å². The van der Waals surface area contributed by atoms with Crippen molar-refractivity contribution in [1.29, 1.82) is 0 Å². The molecule has 0 aliphatic heterocycles. The van der Waals surface area contributed by atoms with Crippen molar-refractivity contribution >= 4 is 21.6 Å². The van der Waals surface area contributed by atoms with Crippen molar-refractivity contribution in [3.8, 4) is 0 Å². The molecule has 1 saturated carbocycles. The maximum atomic E-state index is 12.4. The van der Waals surface area contributed by atoms with Crippen molar-refractivity contribution in [2.75, 3.05) is 13.6 Å². The monoisotopic (exact) mass is 303 g/mol. The highest BCUT2D eigenvalue weighted by Crippen LogP contribution is 2.33. The SMILES string of the molecule is Cc1c(Cl)cccc1S(=O)(=O)N(C)CC(O)C1CC1. The lowest BCUT2D eigenvalue weighted by atomic mass is 10.2. The number of halogens is 1. The second-order valence-electron chi connectivity index (χ2n) is 5.05. The Labute approximate surface area is 119 Å². The first-order valence-corrected chi connectivity index (χ1v) is 8.05. The summed E-state index contributed by atoms with van der Waals surface area (Å²) in [5, 5.41) is 10.3. The van der Waals surface area contributed by atoms with Gasteiger partial charge in [0.15, 0.2) is 0 Å². The Morgan fingerprint density at radius 3 is 2.68 bits per heavy atom. The van der Waals surface area contributed by atoms with E-state index in [1.165, 1.54) is 17.4 Å². The fraction of sp³-hybridized carbons (Fsp3) is 0.538. The van der Waals surface area contributed by atoms with E-state index in [1.807, 2.05) is 0 Å². The number of rotatable bonds is 5. The Morgan fingerprint density at radius 1 is 1.47 bits per heavy atom. The molecule has 6 heteroatoms. The molecule has 2 rings (SSSR count). The lowest BCUT2D eigenvalue weighted by Gasteiger charge is -2.21. The zero-order chi connectivity index (χ0) is 14.2. The Bertz CT molecular complexity index is 569. The first-order valence-electron chi connectivity index (χ1n) is 6.23. The number of hydrogen-bond acceptors (Lipinski definition) is 3. The number of aliphatic hydroxyl groups is 1. The average molecular weight is 304 g/mol. The van der Waals surface area contributed by atoms with Crippen LogP contribution in [0.25, 0.3) is 0 Å². The Morgan fingerprint density at radius 2 is 2.11 bits per heavy atom. The zero-order valence-electron chi connectivity index (χ0n) is 11.0. The fourth-order valence-electron chi connectivity index (χ4n) is 2.03. The van der Waals surface area contributed by atoms with Gasteiger partial charge >= 0.3 is 0 Å². The standard InChI is InChI=1S/C13H18ClNO3S/c1-9-11(14)4-3-5-13(9)19(17,18)15(2)8-12(16)10-6-7-10/h3-5,10,12,16H,6-8H2,1-2H3. The third kappa shape index (κ3) is 3.11. The molecule has 1 unspecified atom stereocenters. The largest absolute Gasteiger partial charge is 0.391 e. The van der Waals surface area contributed by atoms with Crippen LogP contribution in [0.15, 0.2) is 23.1 Å². The van der Waals surface area contributed by atoms with Crippen LogP contribution in [-0.4, -0.2) is 37.5 Å². The van der Waals surface area contributed by atoms with Gasteiger partial charge in [-0.2, -0.15) is 4.31 Å². The Hall–Kier alpha value is -0.620. The second-order valence-corrected chi connectivity index (χ2v) is 7.47.